The van der Waals surface area contributed by atoms with E-state index in [1.165, 1.54) is 16.2 Å². The average molecular weight is 638 g/mol. The van der Waals surface area contributed by atoms with Crippen molar-refractivity contribution in [3.05, 3.63) is 40.1 Å². The molecule has 3 aromatic rings. The maximum absolute atomic E-state index is 12.9. The maximum Gasteiger partial charge on any atom is 0.490 e. The number of pyridine rings is 2. The van der Waals surface area contributed by atoms with Crippen LogP contribution in [0.4, 0.5) is 18.9 Å². The Hall–Kier alpha value is -3.62. The molecule has 15 heteroatoms. The van der Waals surface area contributed by atoms with E-state index in [0.717, 1.165) is 39.2 Å². The molecule has 0 spiro atoms. The zero-order valence-electron chi connectivity index (χ0n) is 23.2. The van der Waals surface area contributed by atoms with Crippen LogP contribution < -0.4 is 10.6 Å². The normalized spacial score (nSPS) is 22.3. The van der Waals surface area contributed by atoms with Crippen LogP contribution in [0.2, 0.25) is 5.15 Å². The highest BCUT2D eigenvalue weighted by molar-refractivity contribution is 7.19. The summed E-state index contributed by atoms with van der Waals surface area (Å²) in [6, 6.07) is 5.58. The Labute approximate surface area is 252 Å². The standard InChI is InChI=1S/C26H26ClN5O3S.C2HF3O2/c1-12-21(31-23(33)13-4-6-28-10-13)16(9-18(27)30-12)15-5-7-29-17-8-14(36-22(15)17)11-32-24(34)19-20(25(32)35)26(19,2)3;3-2(4,5)1(6)7/h5,7-9,13,19-20,28H,4,6,10-11H2,1-3H3,(H,31,33);(H,6,7)/t13-,19?,20?;/m1./s1. The van der Waals surface area contributed by atoms with E-state index in [4.69, 9.17) is 21.5 Å². The van der Waals surface area contributed by atoms with Gasteiger partial charge in [-0.05, 0) is 43.5 Å². The van der Waals surface area contributed by atoms with Crippen LogP contribution in [0, 0.1) is 30.1 Å². The summed E-state index contributed by atoms with van der Waals surface area (Å²) in [6.45, 7) is 7.51. The van der Waals surface area contributed by atoms with Crippen LogP contribution in [0.15, 0.2) is 24.4 Å². The molecule has 228 valence electrons. The van der Waals surface area contributed by atoms with Gasteiger partial charge in [0.2, 0.25) is 17.7 Å². The molecular weight excluding hydrogens is 611 g/mol. The Kier molecular flexibility index (Phi) is 7.99. The number of aliphatic carboxylic acids is 1. The van der Waals surface area contributed by atoms with Crippen molar-refractivity contribution in [2.24, 2.45) is 23.2 Å². The number of halogens is 4. The lowest BCUT2D eigenvalue weighted by Crippen LogP contribution is -2.35. The van der Waals surface area contributed by atoms with Gasteiger partial charge in [-0.3, -0.25) is 24.3 Å². The number of hydrogen-bond donors (Lipinski definition) is 3. The number of amides is 3. The Bertz CT molecular complexity index is 1630. The average Bonchev–Trinajstić information content (AvgIpc) is 3.39. The summed E-state index contributed by atoms with van der Waals surface area (Å²) >= 11 is 7.85. The van der Waals surface area contributed by atoms with Crippen LogP contribution >= 0.6 is 22.9 Å². The number of thiophene rings is 1. The molecule has 2 aliphatic heterocycles. The highest BCUT2D eigenvalue weighted by atomic mass is 35.5. The number of aromatic nitrogens is 2. The summed E-state index contributed by atoms with van der Waals surface area (Å²) in [6.07, 6.45) is -2.57. The van der Waals surface area contributed by atoms with Crippen molar-refractivity contribution < 1.29 is 37.5 Å². The number of carboxylic acids is 1. The van der Waals surface area contributed by atoms with Crippen molar-refractivity contribution in [1.29, 1.82) is 0 Å². The van der Waals surface area contributed by atoms with Crippen molar-refractivity contribution in [1.82, 2.24) is 20.2 Å². The first-order valence-corrected chi connectivity index (χ1v) is 14.5. The minimum absolute atomic E-state index is 0.0433. The van der Waals surface area contributed by atoms with Gasteiger partial charge in [0.1, 0.15) is 5.15 Å². The van der Waals surface area contributed by atoms with Crippen LogP contribution in [-0.2, 0) is 25.7 Å². The minimum Gasteiger partial charge on any atom is -0.475 e. The van der Waals surface area contributed by atoms with E-state index in [0.29, 0.717) is 23.1 Å². The van der Waals surface area contributed by atoms with E-state index in [-0.39, 0.29) is 47.4 Å². The number of nitrogens with one attached hydrogen (secondary N) is 2. The molecule has 1 aliphatic carbocycles. The molecule has 3 amide bonds. The van der Waals surface area contributed by atoms with E-state index < -0.39 is 12.1 Å². The molecule has 3 atom stereocenters. The predicted molar refractivity (Wildman–Crippen MR) is 152 cm³/mol. The molecule has 3 aromatic heterocycles. The second kappa shape index (κ2) is 11.1. The number of aryl methyl sites for hydroxylation is 1. The van der Waals surface area contributed by atoms with Gasteiger partial charge < -0.3 is 15.7 Å². The summed E-state index contributed by atoms with van der Waals surface area (Å²) in [5.41, 5.74) is 3.43. The third kappa shape index (κ3) is 5.83. The molecule has 2 unspecified atom stereocenters. The number of imide groups is 1. The van der Waals surface area contributed by atoms with Crippen LogP contribution in [0.25, 0.3) is 21.3 Å². The van der Waals surface area contributed by atoms with Gasteiger partial charge in [0.15, 0.2) is 0 Å². The number of anilines is 1. The summed E-state index contributed by atoms with van der Waals surface area (Å²) in [4.78, 5) is 58.7. The van der Waals surface area contributed by atoms with Crippen molar-refractivity contribution in [2.45, 2.75) is 39.9 Å². The van der Waals surface area contributed by atoms with Gasteiger partial charge in [0.05, 0.1) is 45.9 Å². The first-order chi connectivity index (χ1) is 20.1. The van der Waals surface area contributed by atoms with E-state index in [9.17, 15) is 27.6 Å². The van der Waals surface area contributed by atoms with Crippen molar-refractivity contribution in [3.63, 3.8) is 0 Å². The zero-order chi connectivity index (χ0) is 31.4. The van der Waals surface area contributed by atoms with Crippen molar-refractivity contribution >= 4 is 62.5 Å². The lowest BCUT2D eigenvalue weighted by Gasteiger charge is -2.19. The van der Waals surface area contributed by atoms with Crippen LogP contribution in [-0.4, -0.2) is 62.9 Å². The number of fused-ring (bicyclic) bond motifs is 2. The van der Waals surface area contributed by atoms with E-state index in [2.05, 4.69) is 20.6 Å². The molecule has 0 bridgehead atoms. The molecular formula is C28H27ClF3N5O5S. The minimum atomic E-state index is -5.08. The first-order valence-electron chi connectivity index (χ1n) is 13.3. The molecule has 3 N–H and O–H groups in total. The largest absolute Gasteiger partial charge is 0.490 e. The van der Waals surface area contributed by atoms with Crippen LogP contribution in [0.1, 0.15) is 30.8 Å². The summed E-state index contributed by atoms with van der Waals surface area (Å²) in [5.74, 6) is -3.45. The fraction of sp³-hybridized carbons (Fsp3) is 0.429. The molecule has 10 nitrogen and oxygen atoms in total. The van der Waals surface area contributed by atoms with E-state index >= 15 is 0 Å². The molecule has 0 aromatic carbocycles. The lowest BCUT2D eigenvalue weighted by molar-refractivity contribution is -0.192. The molecule has 3 fully saturated rings. The lowest BCUT2D eigenvalue weighted by atomic mass is 10.0. The first kappa shape index (κ1) is 30.8. The number of alkyl halides is 3. The van der Waals surface area contributed by atoms with Gasteiger partial charge in [-0.2, -0.15) is 13.2 Å². The van der Waals surface area contributed by atoms with Crippen molar-refractivity contribution in [2.75, 3.05) is 18.4 Å². The fourth-order valence-corrected chi connectivity index (χ4v) is 7.07. The van der Waals surface area contributed by atoms with Gasteiger partial charge >= 0.3 is 12.1 Å². The summed E-state index contributed by atoms with van der Waals surface area (Å²) in [7, 11) is 0. The monoisotopic (exact) mass is 637 g/mol. The number of piperidine rings is 1. The maximum atomic E-state index is 12.9. The molecule has 5 heterocycles. The van der Waals surface area contributed by atoms with E-state index in [1.54, 1.807) is 12.3 Å². The highest BCUT2D eigenvalue weighted by Gasteiger charge is 2.72. The van der Waals surface area contributed by atoms with Gasteiger partial charge in [-0.1, -0.05) is 25.4 Å². The third-order valence-corrected chi connectivity index (χ3v) is 9.39. The quantitative estimate of drug-likeness (QED) is 0.271. The number of carbonyl (C=O) groups is 4. The third-order valence-electron chi connectivity index (χ3n) is 8.05. The van der Waals surface area contributed by atoms with Crippen LogP contribution in [0.5, 0.6) is 0 Å². The smallest absolute Gasteiger partial charge is 0.475 e. The number of hydrogen-bond acceptors (Lipinski definition) is 8. The topological polar surface area (TPSA) is 142 Å². The number of carbonyl (C=O) groups excluding carboxylic acids is 3. The van der Waals surface area contributed by atoms with E-state index in [1.807, 2.05) is 32.9 Å². The zero-order valence-corrected chi connectivity index (χ0v) is 24.8. The number of rotatable bonds is 5. The second-order valence-electron chi connectivity index (χ2n) is 11.3. The number of nitrogens with zero attached hydrogens (tertiary/aromatic N) is 3. The summed E-state index contributed by atoms with van der Waals surface area (Å²) < 4.78 is 32.6. The molecule has 0 radical (unpaired) electrons. The number of likely N-dealkylation sites (tertiary alicyclic amines) is 1. The Balaban J connectivity index is 0.000000472. The van der Waals surface area contributed by atoms with Crippen molar-refractivity contribution in [3.8, 4) is 11.1 Å². The van der Waals surface area contributed by atoms with Gasteiger partial charge in [0, 0.05) is 28.7 Å². The van der Waals surface area contributed by atoms with Gasteiger partial charge in [-0.25, -0.2) is 9.78 Å². The number of carboxylic acid groups (broad SMARTS) is 1. The Morgan fingerprint density at radius 3 is 2.44 bits per heavy atom. The Morgan fingerprint density at radius 2 is 1.86 bits per heavy atom. The molecule has 2 saturated heterocycles. The SMILES string of the molecule is Cc1nc(Cl)cc(-c2ccnc3cc(CN4C(=O)C5C(C4=O)C5(C)C)sc23)c1NC(=O)[C@@H]1CCNC1.O=C(O)C(F)(F)F. The van der Waals surface area contributed by atoms with Crippen LogP contribution in [0.3, 0.4) is 0 Å². The molecule has 6 rings (SSSR count). The van der Waals surface area contributed by atoms with Gasteiger partial charge in [0.25, 0.3) is 0 Å². The fourth-order valence-electron chi connectivity index (χ4n) is 5.70. The molecule has 3 aliphatic rings. The second-order valence-corrected chi connectivity index (χ2v) is 12.8. The molecule has 1 saturated carbocycles. The van der Waals surface area contributed by atoms with Gasteiger partial charge in [-0.15, -0.1) is 11.3 Å². The highest BCUT2D eigenvalue weighted by Crippen LogP contribution is 2.63. The molecule has 43 heavy (non-hydrogen) atoms. The predicted octanol–water partition coefficient (Wildman–Crippen LogP) is 4.64. The summed E-state index contributed by atoms with van der Waals surface area (Å²) in [5, 5.41) is 13.8. The Morgan fingerprint density at radius 1 is 1.21 bits per heavy atom.